The molecule has 102 valence electrons. The summed E-state index contributed by atoms with van der Waals surface area (Å²) in [6.45, 7) is 3.24. The van der Waals surface area contributed by atoms with E-state index in [4.69, 9.17) is 4.42 Å². The molecule has 1 aromatic carbocycles. The molecule has 1 N–H and O–H groups in total. The molecule has 1 saturated carbocycles. The van der Waals surface area contributed by atoms with Gasteiger partial charge in [0, 0.05) is 21.2 Å². The maximum atomic E-state index is 5.91. The predicted octanol–water partition coefficient (Wildman–Crippen LogP) is 4.74. The van der Waals surface area contributed by atoms with Gasteiger partial charge in [-0.1, -0.05) is 15.9 Å². The summed E-state index contributed by atoms with van der Waals surface area (Å²) in [4.78, 5) is 0. The highest BCUT2D eigenvalue weighted by atomic mass is 79.9. The van der Waals surface area contributed by atoms with Crippen LogP contribution in [-0.2, 0) is 0 Å². The van der Waals surface area contributed by atoms with E-state index in [9.17, 15) is 0 Å². The van der Waals surface area contributed by atoms with Crippen molar-refractivity contribution in [2.24, 2.45) is 0 Å². The van der Waals surface area contributed by atoms with E-state index in [0.717, 1.165) is 27.7 Å². The van der Waals surface area contributed by atoms with Crippen LogP contribution in [0.15, 0.2) is 33.2 Å². The van der Waals surface area contributed by atoms with Crippen LogP contribution in [0.1, 0.15) is 31.6 Å². The number of nitrogens with one attached hydrogen (secondary N) is 1. The van der Waals surface area contributed by atoms with Gasteiger partial charge in [0.25, 0.3) is 0 Å². The van der Waals surface area contributed by atoms with Crippen LogP contribution in [0.3, 0.4) is 0 Å². The van der Waals surface area contributed by atoms with Crippen LogP contribution in [0.4, 0.5) is 0 Å². The number of thioether (sulfide) groups is 1. The van der Waals surface area contributed by atoms with Gasteiger partial charge in [0.15, 0.2) is 0 Å². The third-order valence-corrected chi connectivity index (χ3v) is 5.81. The van der Waals surface area contributed by atoms with E-state index in [2.05, 4.69) is 46.6 Å². The second-order valence-electron chi connectivity index (χ2n) is 5.32. The Kier molecular flexibility index (Phi) is 3.67. The van der Waals surface area contributed by atoms with Crippen molar-refractivity contribution in [1.29, 1.82) is 0 Å². The Morgan fingerprint density at radius 3 is 2.89 bits per heavy atom. The van der Waals surface area contributed by atoms with Gasteiger partial charge in [0.2, 0.25) is 0 Å². The predicted molar refractivity (Wildman–Crippen MR) is 85.8 cm³/mol. The summed E-state index contributed by atoms with van der Waals surface area (Å²) in [5.41, 5.74) is 0.956. The van der Waals surface area contributed by atoms with Crippen molar-refractivity contribution < 1.29 is 4.42 Å². The molecular formula is C15H18BrNOS. The van der Waals surface area contributed by atoms with Crippen molar-refractivity contribution in [2.45, 2.75) is 30.6 Å². The Balaban J connectivity index is 1.72. The Morgan fingerprint density at radius 1 is 1.42 bits per heavy atom. The van der Waals surface area contributed by atoms with E-state index in [1.54, 1.807) is 0 Å². The second kappa shape index (κ2) is 5.15. The van der Waals surface area contributed by atoms with Crippen LogP contribution < -0.4 is 5.32 Å². The van der Waals surface area contributed by atoms with Gasteiger partial charge < -0.3 is 9.73 Å². The zero-order chi connectivity index (χ0) is 13.5. The van der Waals surface area contributed by atoms with Crippen LogP contribution >= 0.6 is 27.7 Å². The molecule has 2 aromatic rings. The zero-order valence-corrected chi connectivity index (χ0v) is 13.6. The standard InChI is InChI=1S/C15H18BrNOS/c1-10(17-9-15(19-2)5-6-15)14-8-11-7-12(16)3-4-13(11)18-14/h3-4,7-8,10,17H,5-6,9H2,1-2H3. The maximum Gasteiger partial charge on any atom is 0.134 e. The number of hydrogen-bond donors (Lipinski definition) is 1. The molecule has 3 rings (SSSR count). The molecule has 0 saturated heterocycles. The van der Waals surface area contributed by atoms with Gasteiger partial charge in [-0.2, -0.15) is 11.8 Å². The Labute approximate surface area is 126 Å². The normalized spacial score (nSPS) is 18.7. The lowest BCUT2D eigenvalue weighted by Gasteiger charge is -2.16. The number of fused-ring (bicyclic) bond motifs is 1. The fourth-order valence-corrected chi connectivity index (χ4v) is 3.40. The van der Waals surface area contributed by atoms with Gasteiger partial charge in [0.05, 0.1) is 6.04 Å². The molecule has 1 unspecified atom stereocenters. The molecule has 1 aromatic heterocycles. The number of benzene rings is 1. The van der Waals surface area contributed by atoms with Crippen molar-refractivity contribution in [3.63, 3.8) is 0 Å². The number of halogens is 1. The lowest BCUT2D eigenvalue weighted by Crippen LogP contribution is -2.28. The lowest BCUT2D eigenvalue weighted by molar-refractivity contribution is 0.449. The average Bonchev–Trinajstić information content (AvgIpc) is 3.07. The molecule has 2 nitrogen and oxygen atoms in total. The quantitative estimate of drug-likeness (QED) is 0.851. The molecule has 0 bridgehead atoms. The van der Waals surface area contributed by atoms with Gasteiger partial charge in [-0.25, -0.2) is 0 Å². The average molecular weight is 340 g/mol. The summed E-state index contributed by atoms with van der Waals surface area (Å²) in [6, 6.07) is 8.52. The molecular weight excluding hydrogens is 322 g/mol. The van der Waals surface area contributed by atoms with Crippen LogP contribution in [0.5, 0.6) is 0 Å². The molecule has 1 aliphatic rings. The molecule has 0 amide bonds. The number of rotatable bonds is 5. The van der Waals surface area contributed by atoms with Crippen molar-refractivity contribution in [3.05, 3.63) is 34.5 Å². The molecule has 1 aliphatic carbocycles. The summed E-state index contributed by atoms with van der Waals surface area (Å²) >= 11 is 5.48. The molecule has 1 heterocycles. The van der Waals surface area contributed by atoms with Crippen LogP contribution in [-0.4, -0.2) is 17.5 Å². The van der Waals surface area contributed by atoms with Crippen molar-refractivity contribution in [1.82, 2.24) is 5.32 Å². The highest BCUT2D eigenvalue weighted by Gasteiger charge is 2.41. The second-order valence-corrected chi connectivity index (χ2v) is 7.51. The van der Waals surface area contributed by atoms with E-state index < -0.39 is 0 Å². The SMILES string of the molecule is CSC1(CNC(C)c2cc3cc(Br)ccc3o2)CC1. The lowest BCUT2D eigenvalue weighted by atomic mass is 10.2. The van der Waals surface area contributed by atoms with Crippen molar-refractivity contribution in [3.8, 4) is 0 Å². The minimum atomic E-state index is 0.260. The van der Waals surface area contributed by atoms with Crippen molar-refractivity contribution >= 4 is 38.7 Å². The summed E-state index contributed by atoms with van der Waals surface area (Å²) in [7, 11) is 0. The maximum absolute atomic E-state index is 5.91. The van der Waals surface area contributed by atoms with E-state index in [1.807, 2.05) is 23.9 Å². The fraction of sp³-hybridized carbons (Fsp3) is 0.467. The Bertz CT molecular complexity index is 591. The summed E-state index contributed by atoms with van der Waals surface area (Å²) in [5, 5.41) is 4.76. The van der Waals surface area contributed by atoms with E-state index in [0.29, 0.717) is 4.75 Å². The first-order chi connectivity index (χ1) is 9.12. The number of furan rings is 1. The molecule has 4 heteroatoms. The smallest absolute Gasteiger partial charge is 0.134 e. The number of hydrogen-bond acceptors (Lipinski definition) is 3. The van der Waals surface area contributed by atoms with Crippen LogP contribution in [0, 0.1) is 0 Å². The van der Waals surface area contributed by atoms with Gasteiger partial charge >= 0.3 is 0 Å². The zero-order valence-electron chi connectivity index (χ0n) is 11.2. The fourth-order valence-electron chi connectivity index (χ4n) is 2.28. The van der Waals surface area contributed by atoms with Crippen LogP contribution in [0.25, 0.3) is 11.0 Å². The minimum Gasteiger partial charge on any atom is -0.459 e. The van der Waals surface area contributed by atoms with E-state index in [-0.39, 0.29) is 6.04 Å². The first kappa shape index (κ1) is 13.5. The van der Waals surface area contributed by atoms with Gasteiger partial charge in [0.1, 0.15) is 11.3 Å². The van der Waals surface area contributed by atoms with Gasteiger partial charge in [-0.05, 0) is 50.3 Å². The van der Waals surface area contributed by atoms with Crippen molar-refractivity contribution in [2.75, 3.05) is 12.8 Å². The van der Waals surface area contributed by atoms with Crippen LogP contribution in [0.2, 0.25) is 0 Å². The summed E-state index contributed by atoms with van der Waals surface area (Å²) < 4.78 is 7.49. The Morgan fingerprint density at radius 2 is 2.21 bits per heavy atom. The highest BCUT2D eigenvalue weighted by molar-refractivity contribution is 9.10. The largest absolute Gasteiger partial charge is 0.459 e. The molecule has 19 heavy (non-hydrogen) atoms. The van der Waals surface area contributed by atoms with Gasteiger partial charge in [-0.3, -0.25) is 0 Å². The van der Waals surface area contributed by atoms with Gasteiger partial charge in [-0.15, -0.1) is 0 Å². The highest BCUT2D eigenvalue weighted by Crippen LogP contribution is 2.46. The first-order valence-corrected chi connectivity index (χ1v) is 8.61. The molecule has 0 aliphatic heterocycles. The topological polar surface area (TPSA) is 25.2 Å². The summed E-state index contributed by atoms with van der Waals surface area (Å²) in [6.07, 6.45) is 4.87. The molecule has 1 atom stereocenters. The molecule has 1 fully saturated rings. The minimum absolute atomic E-state index is 0.260. The summed E-state index contributed by atoms with van der Waals surface area (Å²) in [5.74, 6) is 1.02. The monoisotopic (exact) mass is 339 g/mol. The van der Waals surface area contributed by atoms with E-state index >= 15 is 0 Å². The first-order valence-electron chi connectivity index (χ1n) is 6.59. The van der Waals surface area contributed by atoms with E-state index in [1.165, 1.54) is 12.8 Å². The third-order valence-electron chi connectivity index (χ3n) is 3.90. The third kappa shape index (κ3) is 2.86. The molecule has 0 radical (unpaired) electrons. The molecule has 0 spiro atoms. The Hall–Kier alpha value is -0.450.